The van der Waals surface area contributed by atoms with E-state index in [-0.39, 0.29) is 10.8 Å². The van der Waals surface area contributed by atoms with Crippen molar-refractivity contribution in [2.45, 2.75) is 44.6 Å². The van der Waals surface area contributed by atoms with E-state index in [4.69, 9.17) is 0 Å². The van der Waals surface area contributed by atoms with Gasteiger partial charge in [-0.3, -0.25) is 4.79 Å². The highest BCUT2D eigenvalue weighted by molar-refractivity contribution is 7.89. The zero-order valence-corrected chi connectivity index (χ0v) is 17.0. The number of nitrogens with one attached hydrogen (secondary N) is 1. The topological polar surface area (TPSA) is 71.4 Å². The number of aromatic nitrogens is 1. The highest BCUT2D eigenvalue weighted by Gasteiger charge is 2.30. The summed E-state index contributed by atoms with van der Waals surface area (Å²) in [5, 5.41) is 2.89. The number of benzene rings is 1. The molecule has 0 unspecified atom stereocenters. The number of nitrogens with zero attached hydrogens (tertiary/aromatic N) is 2. The number of aryl methyl sites for hydroxylation is 1. The molecule has 7 heteroatoms. The van der Waals surface area contributed by atoms with Crippen LogP contribution in [0.25, 0.3) is 0 Å². The molecule has 1 aromatic heterocycles. The van der Waals surface area contributed by atoms with Crippen LogP contribution in [0, 0.1) is 13.8 Å². The molecule has 1 fully saturated rings. The van der Waals surface area contributed by atoms with E-state index < -0.39 is 10.0 Å². The van der Waals surface area contributed by atoms with E-state index in [0.717, 1.165) is 30.4 Å². The van der Waals surface area contributed by atoms with Gasteiger partial charge in [0, 0.05) is 32.4 Å². The van der Waals surface area contributed by atoms with Crippen molar-refractivity contribution in [3.8, 4) is 0 Å². The first-order valence-corrected chi connectivity index (χ1v) is 10.7. The van der Waals surface area contributed by atoms with Gasteiger partial charge in [-0.2, -0.15) is 4.31 Å². The zero-order valence-electron chi connectivity index (χ0n) is 16.2. The van der Waals surface area contributed by atoms with Gasteiger partial charge in [-0.25, -0.2) is 8.42 Å². The highest BCUT2D eigenvalue weighted by Crippen LogP contribution is 2.25. The molecule has 0 radical (unpaired) electrons. The molecule has 0 spiro atoms. The maximum Gasteiger partial charge on any atom is 0.268 e. The maximum atomic E-state index is 13.0. The van der Waals surface area contributed by atoms with Gasteiger partial charge in [0.2, 0.25) is 10.0 Å². The van der Waals surface area contributed by atoms with E-state index in [1.807, 2.05) is 31.2 Å². The van der Waals surface area contributed by atoms with Crippen LogP contribution in [0.2, 0.25) is 0 Å². The molecule has 6 nitrogen and oxygen atoms in total. The van der Waals surface area contributed by atoms with Gasteiger partial charge in [-0.15, -0.1) is 0 Å². The van der Waals surface area contributed by atoms with Crippen molar-refractivity contribution in [1.29, 1.82) is 0 Å². The molecule has 2 heterocycles. The monoisotopic (exact) mass is 389 g/mol. The number of amides is 1. The van der Waals surface area contributed by atoms with E-state index in [1.54, 1.807) is 18.5 Å². The van der Waals surface area contributed by atoms with Crippen molar-refractivity contribution in [1.82, 2.24) is 14.2 Å². The fourth-order valence-corrected chi connectivity index (χ4v) is 5.28. The second-order valence-electron chi connectivity index (χ2n) is 7.17. The Bertz CT molecular complexity index is 941. The standard InChI is InChI=1S/C20H27N3O3S/c1-15-8-7-9-17(12-15)14-21-20(24)18-13-19(16(2)22(18)3)27(25,26)23-10-5-4-6-11-23/h7-9,12-13H,4-6,10-11,14H2,1-3H3,(H,21,24). The summed E-state index contributed by atoms with van der Waals surface area (Å²) in [6, 6.07) is 9.43. The van der Waals surface area contributed by atoms with Crippen LogP contribution < -0.4 is 5.32 Å². The van der Waals surface area contributed by atoms with Crippen molar-refractivity contribution in [2.75, 3.05) is 13.1 Å². The lowest BCUT2D eigenvalue weighted by molar-refractivity contribution is 0.0942. The molecule has 0 aliphatic carbocycles. The molecule has 1 aromatic carbocycles. The summed E-state index contributed by atoms with van der Waals surface area (Å²) in [7, 11) is -1.84. The van der Waals surface area contributed by atoms with E-state index in [9.17, 15) is 13.2 Å². The Hall–Kier alpha value is -2.12. The fourth-order valence-electron chi connectivity index (χ4n) is 3.49. The maximum absolute atomic E-state index is 13.0. The Balaban J connectivity index is 1.80. The van der Waals surface area contributed by atoms with Crippen LogP contribution >= 0.6 is 0 Å². The lowest BCUT2D eigenvalue weighted by Crippen LogP contribution is -2.35. The molecule has 1 saturated heterocycles. The first kappa shape index (κ1) is 19.6. The molecule has 2 aromatic rings. The first-order valence-electron chi connectivity index (χ1n) is 9.31. The summed E-state index contributed by atoms with van der Waals surface area (Å²) in [6.45, 7) is 5.24. The molecule has 1 aliphatic heterocycles. The van der Waals surface area contributed by atoms with Crippen LogP contribution in [0.5, 0.6) is 0 Å². The lowest BCUT2D eigenvalue weighted by Gasteiger charge is -2.25. The second-order valence-corrected chi connectivity index (χ2v) is 9.08. The number of rotatable bonds is 5. The normalized spacial score (nSPS) is 15.7. The van der Waals surface area contributed by atoms with Crippen LogP contribution in [-0.2, 0) is 23.6 Å². The number of hydrogen-bond acceptors (Lipinski definition) is 3. The largest absolute Gasteiger partial charge is 0.347 e. The number of carbonyl (C=O) groups excluding carboxylic acids is 1. The third-order valence-electron chi connectivity index (χ3n) is 5.19. The van der Waals surface area contributed by atoms with Crippen LogP contribution in [0.15, 0.2) is 35.2 Å². The van der Waals surface area contributed by atoms with Crippen LogP contribution in [-0.4, -0.2) is 36.3 Å². The minimum atomic E-state index is -3.57. The molecule has 27 heavy (non-hydrogen) atoms. The van der Waals surface area contributed by atoms with Gasteiger partial charge in [-0.1, -0.05) is 36.2 Å². The minimum Gasteiger partial charge on any atom is -0.347 e. The third-order valence-corrected chi connectivity index (χ3v) is 7.20. The molecule has 0 bridgehead atoms. The smallest absolute Gasteiger partial charge is 0.268 e. The van der Waals surface area contributed by atoms with Gasteiger partial charge in [0.25, 0.3) is 5.91 Å². The Morgan fingerprint density at radius 3 is 2.48 bits per heavy atom. The van der Waals surface area contributed by atoms with Crippen LogP contribution in [0.3, 0.4) is 0 Å². The van der Waals surface area contributed by atoms with Gasteiger partial charge < -0.3 is 9.88 Å². The van der Waals surface area contributed by atoms with Gasteiger partial charge in [0.05, 0.1) is 0 Å². The van der Waals surface area contributed by atoms with Crippen molar-refractivity contribution in [3.63, 3.8) is 0 Å². The molecule has 3 rings (SSSR count). The van der Waals surface area contributed by atoms with Crippen molar-refractivity contribution >= 4 is 15.9 Å². The van der Waals surface area contributed by atoms with Gasteiger partial charge in [0.1, 0.15) is 10.6 Å². The average Bonchev–Trinajstić information content (AvgIpc) is 2.96. The summed E-state index contributed by atoms with van der Waals surface area (Å²) in [6.07, 6.45) is 2.83. The van der Waals surface area contributed by atoms with E-state index in [0.29, 0.717) is 31.0 Å². The zero-order chi connectivity index (χ0) is 19.6. The minimum absolute atomic E-state index is 0.229. The van der Waals surface area contributed by atoms with Gasteiger partial charge in [-0.05, 0) is 38.3 Å². The SMILES string of the molecule is Cc1cccc(CNC(=O)c2cc(S(=O)(=O)N3CCCCC3)c(C)n2C)c1. The third kappa shape index (κ3) is 4.09. The fraction of sp³-hybridized carbons (Fsp3) is 0.450. The predicted octanol–water partition coefficient (Wildman–Crippen LogP) is 2.75. The molecule has 0 atom stereocenters. The van der Waals surface area contributed by atoms with Crippen molar-refractivity contribution in [2.24, 2.45) is 7.05 Å². The van der Waals surface area contributed by atoms with Crippen LogP contribution in [0.4, 0.5) is 0 Å². The summed E-state index contributed by atoms with van der Waals surface area (Å²) in [5.41, 5.74) is 3.08. The number of hydrogen-bond donors (Lipinski definition) is 1. The molecule has 1 N–H and O–H groups in total. The number of carbonyl (C=O) groups is 1. The predicted molar refractivity (Wildman–Crippen MR) is 105 cm³/mol. The van der Waals surface area contributed by atoms with E-state index in [2.05, 4.69) is 5.32 Å². The number of piperidine rings is 1. The Kier molecular flexibility index (Phi) is 5.72. The second kappa shape index (κ2) is 7.86. The summed E-state index contributed by atoms with van der Waals surface area (Å²) in [5.74, 6) is -0.276. The molecule has 146 valence electrons. The molecule has 1 aliphatic rings. The van der Waals surface area contributed by atoms with Crippen LogP contribution in [0.1, 0.15) is 46.6 Å². The average molecular weight is 390 g/mol. The summed E-state index contributed by atoms with van der Waals surface area (Å²) >= 11 is 0. The highest BCUT2D eigenvalue weighted by atomic mass is 32.2. The summed E-state index contributed by atoms with van der Waals surface area (Å²) in [4.78, 5) is 12.9. The first-order chi connectivity index (χ1) is 12.8. The van der Waals surface area contributed by atoms with E-state index in [1.165, 1.54) is 10.4 Å². The Morgan fingerprint density at radius 2 is 1.81 bits per heavy atom. The lowest BCUT2D eigenvalue weighted by atomic mass is 10.1. The Morgan fingerprint density at radius 1 is 1.11 bits per heavy atom. The molecule has 0 saturated carbocycles. The molecular weight excluding hydrogens is 362 g/mol. The van der Waals surface area contributed by atoms with Gasteiger partial charge in [0.15, 0.2) is 0 Å². The Labute approximate surface area is 161 Å². The van der Waals surface area contributed by atoms with Gasteiger partial charge >= 0.3 is 0 Å². The van der Waals surface area contributed by atoms with Crippen molar-refractivity contribution in [3.05, 3.63) is 52.8 Å². The van der Waals surface area contributed by atoms with E-state index >= 15 is 0 Å². The molecular formula is C20H27N3O3S. The van der Waals surface area contributed by atoms with Crippen molar-refractivity contribution < 1.29 is 13.2 Å². The summed E-state index contributed by atoms with van der Waals surface area (Å²) < 4.78 is 29.2. The molecule has 1 amide bonds. The quantitative estimate of drug-likeness (QED) is 0.855. The number of sulfonamides is 1.